The Balaban J connectivity index is 2.11. The first kappa shape index (κ1) is 8.80. The Morgan fingerprint density at radius 1 is 1.38 bits per heavy atom. The summed E-state index contributed by atoms with van der Waals surface area (Å²) in [7, 11) is 0. The van der Waals surface area contributed by atoms with Crippen molar-refractivity contribution in [1.82, 2.24) is 0 Å². The maximum absolute atomic E-state index is 9.92. The van der Waals surface area contributed by atoms with E-state index < -0.39 is 5.60 Å². The zero-order chi connectivity index (χ0) is 9.15. The summed E-state index contributed by atoms with van der Waals surface area (Å²) in [4.78, 5) is 1.04. The molecule has 0 aliphatic heterocycles. The summed E-state index contributed by atoms with van der Waals surface area (Å²) in [6.45, 7) is 0. The van der Waals surface area contributed by atoms with Gasteiger partial charge in [-0.3, -0.25) is 0 Å². The summed E-state index contributed by atoms with van der Waals surface area (Å²) in [5, 5.41) is 11.9. The molecule has 0 amide bonds. The maximum atomic E-state index is 9.92. The molecule has 1 aliphatic rings. The van der Waals surface area contributed by atoms with Gasteiger partial charge >= 0.3 is 0 Å². The van der Waals surface area contributed by atoms with E-state index in [0.717, 1.165) is 30.6 Å². The normalized spacial score (nSPS) is 19.5. The third-order valence-electron chi connectivity index (χ3n) is 2.37. The molecule has 68 valence electrons. The van der Waals surface area contributed by atoms with Gasteiger partial charge in [0.2, 0.25) is 0 Å². The van der Waals surface area contributed by atoms with Crippen molar-refractivity contribution in [3.05, 3.63) is 22.4 Å². The molecule has 1 heterocycles. The lowest BCUT2D eigenvalue weighted by Gasteiger charge is -2.12. The maximum Gasteiger partial charge on any atom is 0.125 e. The second-order valence-electron chi connectivity index (χ2n) is 3.47. The molecule has 2 rings (SSSR count). The first-order valence-corrected chi connectivity index (χ1v) is 5.46. The van der Waals surface area contributed by atoms with E-state index in [1.165, 1.54) is 0 Å². The number of rotatable bonds is 0. The molecular formula is C11H12OS. The fraction of sp³-hybridized carbons (Fsp3) is 0.455. The van der Waals surface area contributed by atoms with Crippen LogP contribution < -0.4 is 0 Å². The van der Waals surface area contributed by atoms with Gasteiger partial charge in [-0.1, -0.05) is 17.9 Å². The van der Waals surface area contributed by atoms with E-state index in [2.05, 4.69) is 11.8 Å². The summed E-state index contributed by atoms with van der Waals surface area (Å²) in [6.07, 6.45) is 3.89. The van der Waals surface area contributed by atoms with Crippen molar-refractivity contribution in [1.29, 1.82) is 0 Å². The lowest BCUT2D eigenvalue weighted by molar-refractivity contribution is 0.110. The van der Waals surface area contributed by atoms with E-state index in [0.29, 0.717) is 0 Å². The molecule has 0 atom stereocenters. The summed E-state index contributed by atoms with van der Waals surface area (Å²) >= 11 is 1.62. The number of hydrogen-bond acceptors (Lipinski definition) is 2. The third kappa shape index (κ3) is 2.12. The Morgan fingerprint density at radius 2 is 2.15 bits per heavy atom. The van der Waals surface area contributed by atoms with Crippen molar-refractivity contribution < 1.29 is 5.11 Å². The SMILES string of the molecule is OC1(C#Cc2cccs2)CCCC1. The smallest absolute Gasteiger partial charge is 0.125 e. The molecule has 0 unspecified atom stereocenters. The molecule has 1 aromatic rings. The quantitative estimate of drug-likeness (QED) is 0.626. The average molecular weight is 192 g/mol. The minimum atomic E-state index is -0.690. The van der Waals surface area contributed by atoms with Crippen molar-refractivity contribution in [2.45, 2.75) is 31.3 Å². The molecule has 1 aromatic heterocycles. The lowest BCUT2D eigenvalue weighted by Crippen LogP contribution is -2.20. The van der Waals surface area contributed by atoms with Crippen LogP contribution in [-0.2, 0) is 0 Å². The fourth-order valence-electron chi connectivity index (χ4n) is 1.61. The third-order valence-corrected chi connectivity index (χ3v) is 3.16. The molecule has 1 aliphatic carbocycles. The van der Waals surface area contributed by atoms with Gasteiger partial charge in [-0.15, -0.1) is 11.3 Å². The predicted molar refractivity (Wildman–Crippen MR) is 54.6 cm³/mol. The van der Waals surface area contributed by atoms with Gasteiger partial charge in [-0.25, -0.2) is 0 Å². The van der Waals surface area contributed by atoms with Gasteiger partial charge in [0, 0.05) is 0 Å². The Labute approximate surface area is 82.4 Å². The highest BCUT2D eigenvalue weighted by molar-refractivity contribution is 7.10. The largest absolute Gasteiger partial charge is 0.378 e. The second-order valence-corrected chi connectivity index (χ2v) is 4.41. The highest BCUT2D eigenvalue weighted by Crippen LogP contribution is 2.28. The van der Waals surface area contributed by atoms with Gasteiger partial charge in [-0.05, 0) is 37.1 Å². The molecule has 1 saturated carbocycles. The van der Waals surface area contributed by atoms with Gasteiger partial charge in [0.1, 0.15) is 5.60 Å². The Kier molecular flexibility index (Phi) is 2.39. The fourth-order valence-corrected chi connectivity index (χ4v) is 2.18. The number of hydrogen-bond donors (Lipinski definition) is 1. The van der Waals surface area contributed by atoms with Crippen LogP contribution in [0.5, 0.6) is 0 Å². The topological polar surface area (TPSA) is 20.2 Å². The zero-order valence-corrected chi connectivity index (χ0v) is 8.23. The number of aliphatic hydroxyl groups is 1. The molecule has 0 spiro atoms. The van der Waals surface area contributed by atoms with Crippen LogP contribution in [0.15, 0.2) is 17.5 Å². The van der Waals surface area contributed by atoms with Crippen LogP contribution in [0.1, 0.15) is 30.6 Å². The minimum Gasteiger partial charge on any atom is -0.378 e. The molecule has 2 heteroatoms. The molecule has 1 fully saturated rings. The molecule has 1 N–H and O–H groups in total. The van der Waals surface area contributed by atoms with Crippen LogP contribution in [0.3, 0.4) is 0 Å². The van der Waals surface area contributed by atoms with E-state index in [-0.39, 0.29) is 0 Å². The lowest BCUT2D eigenvalue weighted by atomic mass is 10.0. The van der Waals surface area contributed by atoms with E-state index in [1.54, 1.807) is 11.3 Å². The Bertz CT molecular complexity index is 323. The van der Waals surface area contributed by atoms with Crippen molar-refractivity contribution in [3.63, 3.8) is 0 Å². The van der Waals surface area contributed by atoms with Crippen LogP contribution >= 0.6 is 11.3 Å². The van der Waals surface area contributed by atoms with E-state index >= 15 is 0 Å². The second kappa shape index (κ2) is 3.53. The van der Waals surface area contributed by atoms with Gasteiger partial charge in [-0.2, -0.15) is 0 Å². The first-order chi connectivity index (χ1) is 6.29. The van der Waals surface area contributed by atoms with E-state index in [9.17, 15) is 5.11 Å². The number of thiophene rings is 1. The van der Waals surface area contributed by atoms with E-state index in [1.807, 2.05) is 17.5 Å². The molecule has 0 radical (unpaired) electrons. The highest BCUT2D eigenvalue weighted by atomic mass is 32.1. The standard InChI is InChI=1S/C11H12OS/c12-11(6-1-2-7-11)8-5-10-4-3-9-13-10/h3-4,9,12H,1-2,6-7H2. The zero-order valence-electron chi connectivity index (χ0n) is 7.42. The Morgan fingerprint density at radius 3 is 2.77 bits per heavy atom. The average Bonchev–Trinajstić information content (AvgIpc) is 2.72. The summed E-state index contributed by atoms with van der Waals surface area (Å²) < 4.78 is 0. The first-order valence-electron chi connectivity index (χ1n) is 4.58. The molecule has 0 bridgehead atoms. The molecule has 1 nitrogen and oxygen atoms in total. The van der Waals surface area contributed by atoms with Gasteiger partial charge in [0.15, 0.2) is 0 Å². The predicted octanol–water partition coefficient (Wildman–Crippen LogP) is 2.40. The van der Waals surface area contributed by atoms with Crippen molar-refractivity contribution in [3.8, 4) is 11.8 Å². The monoisotopic (exact) mass is 192 g/mol. The molecule has 13 heavy (non-hydrogen) atoms. The molecule has 0 aromatic carbocycles. The van der Waals surface area contributed by atoms with Crippen molar-refractivity contribution in [2.75, 3.05) is 0 Å². The Hall–Kier alpha value is -0.780. The van der Waals surface area contributed by atoms with Gasteiger partial charge in [0.25, 0.3) is 0 Å². The van der Waals surface area contributed by atoms with Crippen LogP contribution in [0.4, 0.5) is 0 Å². The summed E-state index contributed by atoms with van der Waals surface area (Å²) in [6, 6.07) is 3.96. The van der Waals surface area contributed by atoms with Crippen LogP contribution in [0.25, 0.3) is 0 Å². The van der Waals surface area contributed by atoms with Gasteiger partial charge < -0.3 is 5.11 Å². The van der Waals surface area contributed by atoms with Gasteiger partial charge in [0.05, 0.1) is 4.88 Å². The van der Waals surface area contributed by atoms with Crippen LogP contribution in [0.2, 0.25) is 0 Å². The summed E-state index contributed by atoms with van der Waals surface area (Å²) in [5.41, 5.74) is -0.690. The minimum absolute atomic E-state index is 0.690. The van der Waals surface area contributed by atoms with Crippen molar-refractivity contribution in [2.24, 2.45) is 0 Å². The van der Waals surface area contributed by atoms with Crippen molar-refractivity contribution >= 4 is 11.3 Å². The molecule has 0 saturated heterocycles. The highest BCUT2D eigenvalue weighted by Gasteiger charge is 2.28. The van der Waals surface area contributed by atoms with E-state index in [4.69, 9.17) is 0 Å². The van der Waals surface area contributed by atoms with Crippen LogP contribution in [0, 0.1) is 11.8 Å². The summed E-state index contributed by atoms with van der Waals surface area (Å²) in [5.74, 6) is 6.00. The molecular weight excluding hydrogens is 180 g/mol. The van der Waals surface area contributed by atoms with Crippen LogP contribution in [-0.4, -0.2) is 10.7 Å².